The number of rotatable bonds is 4. The predicted octanol–water partition coefficient (Wildman–Crippen LogP) is 5.94. The van der Waals surface area contributed by atoms with Crippen LogP contribution in [0.3, 0.4) is 0 Å². The Morgan fingerprint density at radius 2 is 1.63 bits per heavy atom. The highest BCUT2D eigenvalue weighted by atomic mass is 32.2. The zero-order valence-electron chi connectivity index (χ0n) is 17.9. The van der Waals surface area contributed by atoms with Crippen LogP contribution in [-0.4, -0.2) is 8.42 Å². The lowest BCUT2D eigenvalue weighted by molar-refractivity contribution is 0.427. The molecular formula is C25H28N2O2S. The molecule has 0 fully saturated rings. The Kier molecular flexibility index (Phi) is 5.10. The molecule has 1 atom stereocenters. The van der Waals surface area contributed by atoms with Gasteiger partial charge in [0, 0.05) is 11.4 Å². The monoisotopic (exact) mass is 420 g/mol. The standard InChI is InChI=1S/C25H28N2O2S/c1-17-8-11-21(12-9-17)30(28,29)27-20-7-5-6-19(15-20)24-16-25(3,4)22-14-18(2)10-13-23(22)26-24/h5-15,24,26-27H,16H2,1-4H3. The first-order valence-corrected chi connectivity index (χ1v) is 11.7. The van der Waals surface area contributed by atoms with Gasteiger partial charge in [-0.3, -0.25) is 4.72 Å². The molecule has 1 unspecified atom stereocenters. The molecule has 0 aromatic heterocycles. The quantitative estimate of drug-likeness (QED) is 0.549. The molecule has 0 radical (unpaired) electrons. The number of sulfonamides is 1. The molecule has 0 bridgehead atoms. The summed E-state index contributed by atoms with van der Waals surface area (Å²) in [5.41, 5.74) is 6.42. The second kappa shape index (κ2) is 7.47. The van der Waals surface area contributed by atoms with Gasteiger partial charge in [-0.1, -0.05) is 61.4 Å². The van der Waals surface area contributed by atoms with E-state index in [1.165, 1.54) is 11.1 Å². The van der Waals surface area contributed by atoms with Crippen LogP contribution in [0.1, 0.15) is 48.6 Å². The largest absolute Gasteiger partial charge is 0.378 e. The Morgan fingerprint density at radius 3 is 2.37 bits per heavy atom. The molecule has 30 heavy (non-hydrogen) atoms. The zero-order valence-corrected chi connectivity index (χ0v) is 18.7. The lowest BCUT2D eigenvalue weighted by Crippen LogP contribution is -2.31. The smallest absolute Gasteiger partial charge is 0.261 e. The van der Waals surface area contributed by atoms with Crippen LogP contribution in [0, 0.1) is 13.8 Å². The van der Waals surface area contributed by atoms with Crippen molar-refractivity contribution < 1.29 is 8.42 Å². The third-order valence-corrected chi connectivity index (χ3v) is 7.22. The molecule has 1 aliphatic rings. The van der Waals surface area contributed by atoms with Gasteiger partial charge in [0.05, 0.1) is 10.9 Å². The maximum absolute atomic E-state index is 12.8. The molecule has 0 amide bonds. The molecule has 5 heteroatoms. The molecule has 2 N–H and O–H groups in total. The summed E-state index contributed by atoms with van der Waals surface area (Å²) in [6, 6.07) is 21.2. The zero-order chi connectivity index (χ0) is 21.5. The first-order chi connectivity index (χ1) is 14.1. The van der Waals surface area contributed by atoms with Gasteiger partial charge in [0.15, 0.2) is 0 Å². The second-order valence-corrected chi connectivity index (χ2v) is 10.6. The van der Waals surface area contributed by atoms with Crippen molar-refractivity contribution in [1.29, 1.82) is 0 Å². The highest BCUT2D eigenvalue weighted by Gasteiger charge is 2.33. The van der Waals surface area contributed by atoms with E-state index >= 15 is 0 Å². The third kappa shape index (κ3) is 4.08. The van der Waals surface area contributed by atoms with Crippen LogP contribution in [0.2, 0.25) is 0 Å². The number of fused-ring (bicyclic) bond motifs is 1. The molecular weight excluding hydrogens is 392 g/mol. The number of benzene rings is 3. The fourth-order valence-electron chi connectivity index (χ4n) is 4.15. The second-order valence-electron chi connectivity index (χ2n) is 8.88. The third-order valence-electron chi connectivity index (χ3n) is 5.82. The summed E-state index contributed by atoms with van der Waals surface area (Å²) >= 11 is 0. The van der Waals surface area contributed by atoms with Crippen LogP contribution in [0.15, 0.2) is 71.6 Å². The summed E-state index contributed by atoms with van der Waals surface area (Å²) in [5, 5.41) is 3.65. The van der Waals surface area contributed by atoms with Crippen molar-refractivity contribution >= 4 is 21.4 Å². The Labute approximate surface area is 179 Å². The van der Waals surface area contributed by atoms with Crippen LogP contribution < -0.4 is 10.0 Å². The van der Waals surface area contributed by atoms with Crippen LogP contribution in [0.4, 0.5) is 11.4 Å². The van der Waals surface area contributed by atoms with E-state index in [1.54, 1.807) is 30.3 Å². The Morgan fingerprint density at radius 1 is 0.933 bits per heavy atom. The van der Waals surface area contributed by atoms with Gasteiger partial charge < -0.3 is 5.32 Å². The molecule has 156 valence electrons. The van der Waals surface area contributed by atoms with Gasteiger partial charge in [-0.2, -0.15) is 0 Å². The van der Waals surface area contributed by atoms with Gasteiger partial charge in [0.1, 0.15) is 0 Å². The van der Waals surface area contributed by atoms with E-state index in [-0.39, 0.29) is 16.4 Å². The number of hydrogen-bond donors (Lipinski definition) is 2. The van der Waals surface area contributed by atoms with Gasteiger partial charge in [0.2, 0.25) is 0 Å². The van der Waals surface area contributed by atoms with Crippen LogP contribution in [-0.2, 0) is 15.4 Å². The summed E-state index contributed by atoms with van der Waals surface area (Å²) in [7, 11) is -3.62. The highest BCUT2D eigenvalue weighted by molar-refractivity contribution is 7.92. The average molecular weight is 421 g/mol. The van der Waals surface area contributed by atoms with Crippen molar-refractivity contribution in [2.24, 2.45) is 0 Å². The minimum absolute atomic E-state index is 0.0225. The molecule has 4 rings (SSSR count). The predicted molar refractivity (Wildman–Crippen MR) is 124 cm³/mol. The fraction of sp³-hybridized carbons (Fsp3) is 0.280. The first kappa shape index (κ1) is 20.5. The van der Waals surface area contributed by atoms with E-state index < -0.39 is 10.0 Å². The Balaban J connectivity index is 1.61. The van der Waals surface area contributed by atoms with Gasteiger partial charge in [-0.05, 0) is 67.1 Å². The molecule has 0 saturated heterocycles. The maximum atomic E-state index is 12.8. The number of hydrogen-bond acceptors (Lipinski definition) is 3. The van der Waals surface area contributed by atoms with Gasteiger partial charge in [0.25, 0.3) is 10.0 Å². The summed E-state index contributed by atoms with van der Waals surface area (Å²) in [5.74, 6) is 0. The van der Waals surface area contributed by atoms with Crippen molar-refractivity contribution in [2.75, 3.05) is 10.0 Å². The van der Waals surface area contributed by atoms with Crippen molar-refractivity contribution in [1.82, 2.24) is 0 Å². The average Bonchev–Trinajstić information content (AvgIpc) is 2.68. The van der Waals surface area contributed by atoms with Crippen LogP contribution >= 0.6 is 0 Å². The van der Waals surface area contributed by atoms with Gasteiger partial charge >= 0.3 is 0 Å². The van der Waals surface area contributed by atoms with Crippen molar-refractivity contribution in [3.8, 4) is 0 Å². The van der Waals surface area contributed by atoms with Crippen LogP contribution in [0.5, 0.6) is 0 Å². The molecule has 0 saturated carbocycles. The minimum atomic E-state index is -3.62. The van der Waals surface area contributed by atoms with E-state index in [2.05, 4.69) is 55.1 Å². The van der Waals surface area contributed by atoms with Crippen LogP contribution in [0.25, 0.3) is 0 Å². The topological polar surface area (TPSA) is 58.2 Å². The molecule has 3 aromatic rings. The summed E-state index contributed by atoms with van der Waals surface area (Å²) in [6.45, 7) is 8.59. The summed E-state index contributed by atoms with van der Waals surface area (Å²) in [4.78, 5) is 0.264. The molecule has 0 aliphatic carbocycles. The maximum Gasteiger partial charge on any atom is 0.261 e. The normalized spacial score (nSPS) is 17.7. The molecule has 0 spiro atoms. The Hall–Kier alpha value is -2.79. The number of nitrogens with one attached hydrogen (secondary N) is 2. The lowest BCUT2D eigenvalue weighted by atomic mass is 9.73. The number of aryl methyl sites for hydroxylation is 2. The van der Waals surface area contributed by atoms with Gasteiger partial charge in [-0.15, -0.1) is 0 Å². The molecule has 1 aliphatic heterocycles. The van der Waals surface area contributed by atoms with E-state index in [9.17, 15) is 8.42 Å². The van der Waals surface area contributed by atoms with Gasteiger partial charge in [-0.25, -0.2) is 8.42 Å². The summed E-state index contributed by atoms with van der Waals surface area (Å²) < 4.78 is 28.3. The van der Waals surface area contributed by atoms with E-state index in [0.29, 0.717) is 5.69 Å². The Bertz CT molecular complexity index is 1180. The van der Waals surface area contributed by atoms with E-state index in [1.807, 2.05) is 19.1 Å². The van der Waals surface area contributed by atoms with Crippen molar-refractivity contribution in [3.63, 3.8) is 0 Å². The SMILES string of the molecule is Cc1ccc(S(=O)(=O)Nc2cccc(C3CC(C)(C)c4cc(C)ccc4N3)c2)cc1. The van der Waals surface area contributed by atoms with E-state index in [4.69, 9.17) is 0 Å². The molecule has 1 heterocycles. The first-order valence-electron chi connectivity index (χ1n) is 10.2. The van der Waals surface area contributed by atoms with Crippen molar-refractivity contribution in [2.45, 2.75) is 50.5 Å². The lowest BCUT2D eigenvalue weighted by Gasteiger charge is -2.39. The molecule has 4 nitrogen and oxygen atoms in total. The number of anilines is 2. The van der Waals surface area contributed by atoms with Crippen molar-refractivity contribution in [3.05, 3.63) is 89.0 Å². The fourth-order valence-corrected chi connectivity index (χ4v) is 5.20. The minimum Gasteiger partial charge on any atom is -0.378 e. The highest BCUT2D eigenvalue weighted by Crippen LogP contribution is 2.44. The van der Waals surface area contributed by atoms with E-state index in [0.717, 1.165) is 23.2 Å². The molecule has 3 aromatic carbocycles. The summed E-state index contributed by atoms with van der Waals surface area (Å²) in [6.07, 6.45) is 0.928.